The maximum Gasteiger partial charge on any atom is 0.241 e. The zero-order valence-electron chi connectivity index (χ0n) is 20.0. The summed E-state index contributed by atoms with van der Waals surface area (Å²) in [5.74, 6) is 0.342. The van der Waals surface area contributed by atoms with Crippen molar-refractivity contribution in [3.63, 3.8) is 0 Å². The number of benzene rings is 2. The lowest BCUT2D eigenvalue weighted by molar-refractivity contribution is -0.134. The van der Waals surface area contributed by atoms with Crippen LogP contribution in [0.1, 0.15) is 25.0 Å². The number of anilines is 1. The predicted octanol–water partition coefficient (Wildman–Crippen LogP) is 1.97. The Morgan fingerprint density at radius 2 is 1.71 bits per heavy atom. The monoisotopic (exact) mass is 488 g/mol. The zero-order chi connectivity index (χ0) is 24.9. The van der Waals surface area contributed by atoms with E-state index in [1.165, 1.54) is 31.2 Å². The largest absolute Gasteiger partial charge is 0.496 e. The third-order valence-corrected chi connectivity index (χ3v) is 7.26. The highest BCUT2D eigenvalue weighted by molar-refractivity contribution is 7.89. The van der Waals surface area contributed by atoms with Gasteiger partial charge in [0, 0.05) is 50.9 Å². The highest BCUT2D eigenvalue weighted by Gasteiger charge is 2.28. The summed E-state index contributed by atoms with van der Waals surface area (Å²) in [6, 6.07) is 11.0. The summed E-state index contributed by atoms with van der Waals surface area (Å²) >= 11 is 0. The number of methoxy groups -OCH3 is 1. The number of ether oxygens (including phenoxy) is 1. The van der Waals surface area contributed by atoms with Crippen LogP contribution in [-0.2, 0) is 26.2 Å². The number of aryl methyl sites for hydroxylation is 1. The van der Waals surface area contributed by atoms with Crippen LogP contribution in [0.2, 0.25) is 0 Å². The van der Waals surface area contributed by atoms with Crippen molar-refractivity contribution in [1.82, 2.24) is 14.5 Å². The van der Waals surface area contributed by atoms with Gasteiger partial charge in [0.1, 0.15) is 5.75 Å². The van der Waals surface area contributed by atoms with E-state index < -0.39 is 16.1 Å². The number of rotatable bonds is 8. The van der Waals surface area contributed by atoms with Crippen LogP contribution in [0.3, 0.4) is 0 Å². The molecule has 2 aromatic carbocycles. The van der Waals surface area contributed by atoms with Crippen molar-refractivity contribution in [3.05, 3.63) is 53.6 Å². The van der Waals surface area contributed by atoms with Gasteiger partial charge in [0.05, 0.1) is 18.0 Å². The standard InChI is InChI=1S/C24H32N4O5S/c1-17-5-10-23(33-4)20(15-17)16-27-11-13-28(14-12-27)24(30)18(2)26-34(31,32)22-8-6-21(7-9-22)25-19(3)29/h5-10,15,18,26H,11-14,16H2,1-4H3,(H,25,29). The number of hydrogen-bond donors (Lipinski definition) is 2. The molecule has 184 valence electrons. The van der Waals surface area contributed by atoms with Crippen molar-refractivity contribution in [2.75, 3.05) is 38.6 Å². The Hall–Kier alpha value is -2.95. The summed E-state index contributed by atoms with van der Waals surface area (Å²) in [4.78, 5) is 28.0. The minimum atomic E-state index is -3.89. The molecule has 3 rings (SSSR count). The first-order chi connectivity index (χ1) is 16.1. The van der Waals surface area contributed by atoms with Gasteiger partial charge in [0.25, 0.3) is 0 Å². The van der Waals surface area contributed by atoms with Gasteiger partial charge in [0.15, 0.2) is 0 Å². The number of carbonyl (C=O) groups excluding carboxylic acids is 2. The van der Waals surface area contributed by atoms with Gasteiger partial charge in [-0.25, -0.2) is 8.42 Å². The normalized spacial score (nSPS) is 15.6. The molecule has 2 N–H and O–H groups in total. The number of carbonyl (C=O) groups is 2. The molecule has 2 amide bonds. The molecule has 0 aliphatic carbocycles. The van der Waals surface area contributed by atoms with Crippen molar-refractivity contribution in [3.8, 4) is 5.75 Å². The zero-order valence-corrected chi connectivity index (χ0v) is 20.8. The van der Waals surface area contributed by atoms with Gasteiger partial charge in [0.2, 0.25) is 21.8 Å². The maximum absolute atomic E-state index is 12.9. The fourth-order valence-electron chi connectivity index (χ4n) is 3.94. The van der Waals surface area contributed by atoms with Gasteiger partial charge in [-0.15, -0.1) is 0 Å². The van der Waals surface area contributed by atoms with Crippen LogP contribution < -0.4 is 14.8 Å². The van der Waals surface area contributed by atoms with E-state index in [0.717, 1.165) is 23.4 Å². The highest BCUT2D eigenvalue weighted by Crippen LogP contribution is 2.22. The summed E-state index contributed by atoms with van der Waals surface area (Å²) < 4.78 is 33.4. The number of nitrogens with zero attached hydrogens (tertiary/aromatic N) is 2. The minimum absolute atomic E-state index is 0.0261. The van der Waals surface area contributed by atoms with E-state index in [4.69, 9.17) is 4.74 Å². The van der Waals surface area contributed by atoms with E-state index in [1.54, 1.807) is 18.9 Å². The number of amides is 2. The minimum Gasteiger partial charge on any atom is -0.496 e. The molecular weight excluding hydrogens is 456 g/mol. The van der Waals surface area contributed by atoms with Gasteiger partial charge in [-0.2, -0.15) is 4.72 Å². The summed E-state index contributed by atoms with van der Waals surface area (Å²) in [5.41, 5.74) is 2.76. The van der Waals surface area contributed by atoms with E-state index in [2.05, 4.69) is 21.0 Å². The molecule has 0 radical (unpaired) electrons. The average molecular weight is 489 g/mol. The van der Waals surface area contributed by atoms with Crippen LogP contribution >= 0.6 is 0 Å². The first-order valence-electron chi connectivity index (χ1n) is 11.1. The lowest BCUT2D eigenvalue weighted by Gasteiger charge is -2.36. The Bertz CT molecular complexity index is 1130. The topological polar surface area (TPSA) is 108 Å². The smallest absolute Gasteiger partial charge is 0.241 e. The Morgan fingerprint density at radius 1 is 1.06 bits per heavy atom. The van der Waals surface area contributed by atoms with E-state index >= 15 is 0 Å². The number of nitrogens with one attached hydrogen (secondary N) is 2. The summed E-state index contributed by atoms with van der Waals surface area (Å²) in [7, 11) is -2.23. The number of sulfonamides is 1. The van der Waals surface area contributed by atoms with Crippen LogP contribution in [0, 0.1) is 6.92 Å². The third-order valence-electron chi connectivity index (χ3n) is 5.70. The highest BCUT2D eigenvalue weighted by atomic mass is 32.2. The molecule has 1 unspecified atom stereocenters. The summed E-state index contributed by atoms with van der Waals surface area (Å²) in [5, 5.41) is 2.59. The molecule has 34 heavy (non-hydrogen) atoms. The molecule has 0 spiro atoms. The van der Waals surface area contributed by atoms with E-state index in [0.29, 0.717) is 31.9 Å². The number of piperazine rings is 1. The Labute approximate surface area is 201 Å². The van der Waals surface area contributed by atoms with Crippen molar-refractivity contribution in [2.45, 2.75) is 38.3 Å². The Balaban J connectivity index is 1.55. The molecule has 0 aromatic heterocycles. The molecule has 1 atom stereocenters. The van der Waals surface area contributed by atoms with Crippen molar-refractivity contribution in [2.24, 2.45) is 0 Å². The van der Waals surface area contributed by atoms with Gasteiger partial charge in [-0.05, 0) is 44.2 Å². The molecule has 1 aliphatic heterocycles. The molecule has 0 saturated carbocycles. The van der Waals surface area contributed by atoms with Gasteiger partial charge < -0.3 is 15.0 Å². The Kier molecular flexibility index (Phi) is 8.29. The second kappa shape index (κ2) is 11.0. The first-order valence-corrected chi connectivity index (χ1v) is 12.6. The second-order valence-electron chi connectivity index (χ2n) is 8.47. The molecule has 9 nitrogen and oxygen atoms in total. The SMILES string of the molecule is COc1ccc(C)cc1CN1CCN(C(=O)C(C)NS(=O)(=O)c2ccc(NC(C)=O)cc2)CC1. The molecule has 2 aromatic rings. The van der Waals surface area contributed by atoms with Crippen LogP contribution in [0.25, 0.3) is 0 Å². The molecular formula is C24H32N4O5S. The van der Waals surface area contributed by atoms with Gasteiger partial charge in [-0.3, -0.25) is 14.5 Å². The van der Waals surface area contributed by atoms with E-state index in [-0.39, 0.29) is 16.7 Å². The fraction of sp³-hybridized carbons (Fsp3) is 0.417. The molecule has 1 heterocycles. The number of hydrogen-bond acceptors (Lipinski definition) is 6. The lowest BCUT2D eigenvalue weighted by atomic mass is 10.1. The van der Waals surface area contributed by atoms with E-state index in [1.807, 2.05) is 19.1 Å². The Morgan fingerprint density at radius 3 is 2.29 bits per heavy atom. The quantitative estimate of drug-likeness (QED) is 0.588. The molecule has 1 saturated heterocycles. The van der Waals surface area contributed by atoms with Crippen molar-refractivity contribution < 1.29 is 22.7 Å². The lowest BCUT2D eigenvalue weighted by Crippen LogP contribution is -2.53. The van der Waals surface area contributed by atoms with Crippen LogP contribution in [-0.4, -0.2) is 69.4 Å². The molecule has 1 aliphatic rings. The van der Waals surface area contributed by atoms with Crippen molar-refractivity contribution >= 4 is 27.5 Å². The average Bonchev–Trinajstić information content (AvgIpc) is 2.79. The maximum atomic E-state index is 12.9. The van der Waals surface area contributed by atoms with Gasteiger partial charge >= 0.3 is 0 Å². The van der Waals surface area contributed by atoms with Crippen molar-refractivity contribution in [1.29, 1.82) is 0 Å². The molecule has 1 fully saturated rings. The third kappa shape index (κ3) is 6.55. The summed E-state index contributed by atoms with van der Waals surface area (Å²) in [6.45, 7) is 8.10. The fourth-order valence-corrected chi connectivity index (χ4v) is 5.14. The predicted molar refractivity (Wildman–Crippen MR) is 130 cm³/mol. The van der Waals surface area contributed by atoms with Crippen LogP contribution in [0.5, 0.6) is 5.75 Å². The van der Waals surface area contributed by atoms with Crippen LogP contribution in [0.4, 0.5) is 5.69 Å². The molecule has 0 bridgehead atoms. The second-order valence-corrected chi connectivity index (χ2v) is 10.2. The first kappa shape index (κ1) is 25.7. The van der Waals surface area contributed by atoms with Gasteiger partial charge in [-0.1, -0.05) is 17.7 Å². The van der Waals surface area contributed by atoms with Crippen LogP contribution in [0.15, 0.2) is 47.4 Å². The van der Waals surface area contributed by atoms with E-state index in [9.17, 15) is 18.0 Å². The summed E-state index contributed by atoms with van der Waals surface area (Å²) in [6.07, 6.45) is 0. The molecule has 10 heteroatoms.